The molecule has 1 saturated heterocycles. The summed E-state index contributed by atoms with van der Waals surface area (Å²) in [6, 6.07) is 2.87. The Morgan fingerprint density at radius 3 is 2.67 bits per heavy atom. The molecular formula is C18H20F2N4O2S. The molecule has 0 bridgehead atoms. The summed E-state index contributed by atoms with van der Waals surface area (Å²) in [6.45, 7) is 3.78. The van der Waals surface area contributed by atoms with Crippen LogP contribution in [0.5, 0.6) is 0 Å². The zero-order valence-corrected chi connectivity index (χ0v) is 15.5. The second-order valence-corrected chi connectivity index (χ2v) is 7.14. The second-order valence-electron chi connectivity index (χ2n) is 6.28. The smallest absolute Gasteiger partial charge is 0.270 e. The Kier molecular flexibility index (Phi) is 6.46. The van der Waals surface area contributed by atoms with Gasteiger partial charge in [0.15, 0.2) is 16.8 Å². The van der Waals surface area contributed by atoms with Crippen molar-refractivity contribution < 1.29 is 18.4 Å². The standard InChI is InChI=1S/C18H20F2N4O2S/c19-13-5-4-12(10-14(13)20)16(25)23-18-22-15(11-27-18)17(26)21-6-3-9-24-7-1-2-8-24/h4-5,10-11H,1-3,6-9H2,(H,21,26)(H,22,23,25). The number of nitrogens with one attached hydrogen (secondary N) is 2. The molecule has 9 heteroatoms. The van der Waals surface area contributed by atoms with Crippen molar-refractivity contribution in [2.75, 3.05) is 31.5 Å². The van der Waals surface area contributed by atoms with Crippen molar-refractivity contribution in [2.24, 2.45) is 0 Å². The van der Waals surface area contributed by atoms with Crippen molar-refractivity contribution in [3.05, 3.63) is 46.5 Å². The Morgan fingerprint density at radius 1 is 1.15 bits per heavy atom. The van der Waals surface area contributed by atoms with Gasteiger partial charge in [-0.1, -0.05) is 0 Å². The van der Waals surface area contributed by atoms with Gasteiger partial charge in [0.25, 0.3) is 11.8 Å². The number of thiazole rings is 1. The molecule has 0 aliphatic carbocycles. The lowest BCUT2D eigenvalue weighted by atomic mass is 10.2. The number of hydrogen-bond acceptors (Lipinski definition) is 5. The van der Waals surface area contributed by atoms with E-state index in [0.29, 0.717) is 6.54 Å². The highest BCUT2D eigenvalue weighted by atomic mass is 32.1. The molecule has 0 atom stereocenters. The second kappa shape index (κ2) is 9.01. The fourth-order valence-corrected chi connectivity index (χ4v) is 3.53. The number of carbonyl (C=O) groups excluding carboxylic acids is 2. The van der Waals surface area contributed by atoms with Gasteiger partial charge in [0.2, 0.25) is 0 Å². The summed E-state index contributed by atoms with van der Waals surface area (Å²) in [5.74, 6) is -3.05. The van der Waals surface area contributed by atoms with Crippen LogP contribution in [0.4, 0.5) is 13.9 Å². The fraction of sp³-hybridized carbons (Fsp3) is 0.389. The van der Waals surface area contributed by atoms with Gasteiger partial charge in [0.05, 0.1) is 0 Å². The molecule has 1 aliphatic rings. The van der Waals surface area contributed by atoms with Gasteiger partial charge in [-0.25, -0.2) is 13.8 Å². The van der Waals surface area contributed by atoms with E-state index >= 15 is 0 Å². The van der Waals surface area contributed by atoms with E-state index in [-0.39, 0.29) is 22.3 Å². The van der Waals surface area contributed by atoms with Gasteiger partial charge in [-0.2, -0.15) is 0 Å². The summed E-state index contributed by atoms with van der Waals surface area (Å²) in [5.41, 5.74) is 0.179. The molecule has 0 saturated carbocycles. The fourth-order valence-electron chi connectivity index (χ4n) is 2.84. The lowest BCUT2D eigenvalue weighted by Crippen LogP contribution is -2.28. The zero-order valence-electron chi connectivity index (χ0n) is 14.6. The summed E-state index contributed by atoms with van der Waals surface area (Å²) in [5, 5.41) is 7.04. The molecule has 2 N–H and O–H groups in total. The van der Waals surface area contributed by atoms with Crippen molar-refractivity contribution in [1.29, 1.82) is 0 Å². The summed E-state index contributed by atoms with van der Waals surface area (Å²) in [4.78, 5) is 30.6. The van der Waals surface area contributed by atoms with E-state index in [9.17, 15) is 18.4 Å². The number of halogens is 2. The van der Waals surface area contributed by atoms with E-state index in [1.54, 1.807) is 0 Å². The Bertz CT molecular complexity index is 821. The van der Waals surface area contributed by atoms with Gasteiger partial charge >= 0.3 is 0 Å². The van der Waals surface area contributed by atoms with Crippen molar-refractivity contribution in [3.8, 4) is 0 Å². The maximum absolute atomic E-state index is 13.2. The quantitative estimate of drug-likeness (QED) is 0.709. The molecule has 144 valence electrons. The van der Waals surface area contributed by atoms with E-state index in [2.05, 4.69) is 20.5 Å². The van der Waals surface area contributed by atoms with Crippen molar-refractivity contribution in [1.82, 2.24) is 15.2 Å². The summed E-state index contributed by atoms with van der Waals surface area (Å²) in [7, 11) is 0. The average Bonchev–Trinajstić information content (AvgIpc) is 3.33. The van der Waals surface area contributed by atoms with Gasteiger partial charge in [0.1, 0.15) is 5.69 Å². The molecule has 0 unspecified atom stereocenters. The Balaban J connectivity index is 1.47. The number of aromatic nitrogens is 1. The van der Waals surface area contributed by atoms with Gasteiger partial charge in [-0.15, -0.1) is 11.3 Å². The number of anilines is 1. The molecule has 1 fully saturated rings. The first-order chi connectivity index (χ1) is 13.0. The third kappa shape index (κ3) is 5.30. The Morgan fingerprint density at radius 2 is 1.93 bits per heavy atom. The predicted octanol–water partition coefficient (Wildman–Crippen LogP) is 2.89. The van der Waals surface area contributed by atoms with Crippen LogP contribution in [0.15, 0.2) is 23.6 Å². The van der Waals surface area contributed by atoms with Crippen LogP contribution in [0, 0.1) is 11.6 Å². The monoisotopic (exact) mass is 394 g/mol. The number of likely N-dealkylation sites (tertiary alicyclic amines) is 1. The van der Waals surface area contributed by atoms with Gasteiger partial charge < -0.3 is 10.2 Å². The first-order valence-corrected chi connectivity index (χ1v) is 9.63. The van der Waals surface area contributed by atoms with Crippen LogP contribution in [-0.2, 0) is 0 Å². The van der Waals surface area contributed by atoms with Crippen LogP contribution >= 0.6 is 11.3 Å². The molecule has 1 aromatic carbocycles. The van der Waals surface area contributed by atoms with Crippen molar-refractivity contribution in [3.63, 3.8) is 0 Å². The third-order valence-electron chi connectivity index (χ3n) is 4.27. The minimum Gasteiger partial charge on any atom is -0.351 e. The van der Waals surface area contributed by atoms with Crippen LogP contribution < -0.4 is 10.6 Å². The van der Waals surface area contributed by atoms with Crippen LogP contribution in [-0.4, -0.2) is 47.9 Å². The van der Waals surface area contributed by atoms with Gasteiger partial charge in [-0.3, -0.25) is 14.9 Å². The SMILES string of the molecule is O=C(Nc1nc(C(=O)NCCCN2CCCC2)cs1)c1ccc(F)c(F)c1. The molecule has 0 radical (unpaired) electrons. The minimum absolute atomic E-state index is 0.0305. The third-order valence-corrected chi connectivity index (χ3v) is 5.03. The largest absolute Gasteiger partial charge is 0.351 e. The molecule has 2 heterocycles. The molecule has 0 spiro atoms. The highest BCUT2D eigenvalue weighted by Crippen LogP contribution is 2.17. The molecule has 27 heavy (non-hydrogen) atoms. The van der Waals surface area contributed by atoms with Gasteiger partial charge in [-0.05, 0) is 57.1 Å². The van der Waals surface area contributed by atoms with Gasteiger partial charge in [0, 0.05) is 17.5 Å². The van der Waals surface area contributed by atoms with Crippen LogP contribution in [0.25, 0.3) is 0 Å². The molecule has 2 aromatic rings. The summed E-state index contributed by atoms with van der Waals surface area (Å²) < 4.78 is 26.1. The molecule has 1 aromatic heterocycles. The number of benzene rings is 1. The first kappa shape index (κ1) is 19.4. The topological polar surface area (TPSA) is 74.3 Å². The lowest BCUT2D eigenvalue weighted by molar-refractivity contribution is 0.0946. The Labute approximate surface area is 159 Å². The maximum Gasteiger partial charge on any atom is 0.270 e. The average molecular weight is 394 g/mol. The number of nitrogens with zero attached hydrogens (tertiary/aromatic N) is 2. The Hall–Kier alpha value is -2.39. The van der Waals surface area contributed by atoms with Crippen LogP contribution in [0.2, 0.25) is 0 Å². The number of rotatable bonds is 7. The summed E-state index contributed by atoms with van der Waals surface area (Å²) in [6.07, 6.45) is 3.35. The van der Waals surface area contributed by atoms with E-state index in [4.69, 9.17) is 0 Å². The first-order valence-electron chi connectivity index (χ1n) is 8.75. The van der Waals surface area contributed by atoms with Crippen molar-refractivity contribution in [2.45, 2.75) is 19.3 Å². The molecule has 1 aliphatic heterocycles. The molecule has 6 nitrogen and oxygen atoms in total. The number of amides is 2. The van der Waals surface area contributed by atoms with Crippen LogP contribution in [0.3, 0.4) is 0 Å². The minimum atomic E-state index is -1.10. The van der Waals surface area contributed by atoms with Crippen LogP contribution in [0.1, 0.15) is 40.1 Å². The van der Waals surface area contributed by atoms with E-state index in [1.165, 1.54) is 24.3 Å². The molecule has 2 amide bonds. The lowest BCUT2D eigenvalue weighted by Gasteiger charge is -2.13. The zero-order chi connectivity index (χ0) is 19.2. The molecular weight excluding hydrogens is 374 g/mol. The highest BCUT2D eigenvalue weighted by molar-refractivity contribution is 7.14. The predicted molar refractivity (Wildman–Crippen MR) is 99.0 cm³/mol. The molecule has 3 rings (SSSR count). The normalized spacial score (nSPS) is 14.3. The number of carbonyl (C=O) groups is 2. The van der Waals surface area contributed by atoms with Crippen molar-refractivity contribution >= 4 is 28.3 Å². The summed E-state index contributed by atoms with van der Waals surface area (Å²) >= 11 is 1.09. The number of hydrogen-bond donors (Lipinski definition) is 2. The van der Waals surface area contributed by atoms with E-state index in [0.717, 1.165) is 49.5 Å². The highest BCUT2D eigenvalue weighted by Gasteiger charge is 2.15. The van der Waals surface area contributed by atoms with E-state index < -0.39 is 17.5 Å². The maximum atomic E-state index is 13.2. The van der Waals surface area contributed by atoms with E-state index in [1.807, 2.05) is 0 Å².